The lowest BCUT2D eigenvalue weighted by molar-refractivity contribution is 0.129. The maximum atomic E-state index is 7.50. The molecule has 104 valence electrons. The summed E-state index contributed by atoms with van der Waals surface area (Å²) in [6.07, 6.45) is 6.43. The summed E-state index contributed by atoms with van der Waals surface area (Å²) in [5, 5.41) is 7.50. The summed E-state index contributed by atoms with van der Waals surface area (Å²) >= 11 is 0. The predicted molar refractivity (Wildman–Crippen MR) is 78.9 cm³/mol. The van der Waals surface area contributed by atoms with Gasteiger partial charge in [0.25, 0.3) is 0 Å². The standard InChI is InChI=1S/C16H24N2O/c1-3-12-5-8-14(9-6-12)19-15-10-13(16(17)18)7-4-11(15)2/h4,7,10,12,14H,3,5-6,8-9H2,1-2H3,(H3,17,18). The number of nitrogens with two attached hydrogens (primary N) is 1. The first-order valence-corrected chi connectivity index (χ1v) is 7.21. The number of hydrogen-bond donors (Lipinski definition) is 2. The lowest BCUT2D eigenvalue weighted by Gasteiger charge is -2.29. The molecule has 0 spiro atoms. The molecule has 19 heavy (non-hydrogen) atoms. The Morgan fingerprint density at radius 3 is 2.58 bits per heavy atom. The lowest BCUT2D eigenvalue weighted by Crippen LogP contribution is -2.24. The van der Waals surface area contributed by atoms with Crippen LogP contribution in [0.5, 0.6) is 5.75 Å². The van der Waals surface area contributed by atoms with E-state index in [2.05, 4.69) is 6.92 Å². The van der Waals surface area contributed by atoms with Crippen molar-refractivity contribution < 1.29 is 4.74 Å². The Labute approximate surface area is 115 Å². The zero-order valence-corrected chi connectivity index (χ0v) is 11.9. The van der Waals surface area contributed by atoms with Crippen LogP contribution in [-0.4, -0.2) is 11.9 Å². The van der Waals surface area contributed by atoms with Crippen molar-refractivity contribution in [1.82, 2.24) is 0 Å². The summed E-state index contributed by atoms with van der Waals surface area (Å²) in [6, 6.07) is 5.74. The van der Waals surface area contributed by atoms with Gasteiger partial charge in [-0.05, 0) is 50.2 Å². The first-order valence-electron chi connectivity index (χ1n) is 7.21. The molecule has 3 nitrogen and oxygen atoms in total. The van der Waals surface area contributed by atoms with Gasteiger partial charge in [0.2, 0.25) is 0 Å². The van der Waals surface area contributed by atoms with E-state index in [1.54, 1.807) is 0 Å². The predicted octanol–water partition coefficient (Wildman–Crippen LogP) is 3.63. The number of nitrogen functional groups attached to an aromatic ring is 1. The fraction of sp³-hybridized carbons (Fsp3) is 0.562. The maximum absolute atomic E-state index is 7.50. The first kappa shape index (κ1) is 13.9. The molecular weight excluding hydrogens is 236 g/mol. The molecule has 0 aromatic heterocycles. The van der Waals surface area contributed by atoms with E-state index in [4.69, 9.17) is 15.9 Å². The number of rotatable bonds is 4. The van der Waals surface area contributed by atoms with Crippen molar-refractivity contribution in [3.8, 4) is 5.75 Å². The van der Waals surface area contributed by atoms with Crippen LogP contribution in [0.1, 0.15) is 50.2 Å². The second-order valence-electron chi connectivity index (χ2n) is 5.56. The van der Waals surface area contributed by atoms with Crippen LogP contribution in [-0.2, 0) is 0 Å². The van der Waals surface area contributed by atoms with Gasteiger partial charge < -0.3 is 10.5 Å². The number of hydrogen-bond acceptors (Lipinski definition) is 2. The van der Waals surface area contributed by atoms with Crippen molar-refractivity contribution in [3.63, 3.8) is 0 Å². The highest BCUT2D eigenvalue weighted by molar-refractivity contribution is 5.95. The Morgan fingerprint density at radius 1 is 1.32 bits per heavy atom. The van der Waals surface area contributed by atoms with Crippen molar-refractivity contribution >= 4 is 5.84 Å². The maximum Gasteiger partial charge on any atom is 0.123 e. The number of benzene rings is 1. The van der Waals surface area contributed by atoms with Crippen molar-refractivity contribution in [2.75, 3.05) is 0 Å². The van der Waals surface area contributed by atoms with E-state index >= 15 is 0 Å². The Kier molecular flexibility index (Phi) is 4.46. The lowest BCUT2D eigenvalue weighted by atomic mass is 9.86. The topological polar surface area (TPSA) is 59.1 Å². The fourth-order valence-electron chi connectivity index (χ4n) is 2.73. The quantitative estimate of drug-likeness (QED) is 0.641. The van der Waals surface area contributed by atoms with E-state index in [-0.39, 0.29) is 5.84 Å². The van der Waals surface area contributed by atoms with Gasteiger partial charge in [0.1, 0.15) is 11.6 Å². The SMILES string of the molecule is CCC1CCC(Oc2cc(C(=N)N)ccc2C)CC1. The van der Waals surface area contributed by atoms with Crippen molar-refractivity contribution in [2.24, 2.45) is 11.7 Å². The smallest absolute Gasteiger partial charge is 0.123 e. The van der Waals surface area contributed by atoms with Gasteiger partial charge >= 0.3 is 0 Å². The van der Waals surface area contributed by atoms with E-state index in [1.165, 1.54) is 19.3 Å². The minimum Gasteiger partial charge on any atom is -0.490 e. The van der Waals surface area contributed by atoms with Crippen LogP contribution < -0.4 is 10.5 Å². The molecule has 1 aliphatic carbocycles. The number of amidine groups is 1. The van der Waals surface area contributed by atoms with Crippen LogP contribution in [0.4, 0.5) is 0 Å². The van der Waals surface area contributed by atoms with E-state index in [9.17, 15) is 0 Å². The van der Waals surface area contributed by atoms with E-state index < -0.39 is 0 Å². The third-order valence-corrected chi connectivity index (χ3v) is 4.16. The highest BCUT2D eigenvalue weighted by atomic mass is 16.5. The summed E-state index contributed by atoms with van der Waals surface area (Å²) < 4.78 is 6.12. The molecule has 3 N–H and O–H groups in total. The summed E-state index contributed by atoms with van der Waals surface area (Å²) in [7, 11) is 0. The number of aryl methyl sites for hydroxylation is 1. The van der Waals surface area contributed by atoms with Crippen molar-refractivity contribution in [2.45, 2.75) is 52.1 Å². The molecule has 0 unspecified atom stereocenters. The first-order chi connectivity index (χ1) is 9.10. The molecule has 0 atom stereocenters. The summed E-state index contributed by atoms with van der Waals surface area (Å²) in [5.74, 6) is 1.86. The molecule has 0 radical (unpaired) electrons. The van der Waals surface area contributed by atoms with Crippen molar-refractivity contribution in [3.05, 3.63) is 29.3 Å². The molecule has 2 rings (SSSR count). The van der Waals surface area contributed by atoms with Gasteiger partial charge in [-0.1, -0.05) is 25.5 Å². The van der Waals surface area contributed by atoms with Crippen LogP contribution in [0.3, 0.4) is 0 Å². The summed E-state index contributed by atoms with van der Waals surface area (Å²) in [6.45, 7) is 4.31. The van der Waals surface area contributed by atoms with Crippen LogP contribution >= 0.6 is 0 Å². The normalized spacial score (nSPS) is 23.1. The summed E-state index contributed by atoms with van der Waals surface area (Å²) in [5.41, 5.74) is 7.38. The molecule has 0 heterocycles. The monoisotopic (exact) mass is 260 g/mol. The zero-order valence-electron chi connectivity index (χ0n) is 11.9. The molecule has 1 aliphatic rings. The fourth-order valence-corrected chi connectivity index (χ4v) is 2.73. The number of nitrogens with one attached hydrogen (secondary N) is 1. The molecule has 1 aromatic rings. The van der Waals surface area contributed by atoms with Gasteiger partial charge in [-0.2, -0.15) is 0 Å². The van der Waals surface area contributed by atoms with Gasteiger partial charge in [0.05, 0.1) is 6.10 Å². The van der Waals surface area contributed by atoms with Gasteiger partial charge in [0.15, 0.2) is 0 Å². The average Bonchev–Trinajstić information content (AvgIpc) is 2.42. The molecule has 0 amide bonds. The Balaban J connectivity index is 2.03. The average molecular weight is 260 g/mol. The third-order valence-electron chi connectivity index (χ3n) is 4.16. The van der Waals surface area contributed by atoms with Gasteiger partial charge in [-0.3, -0.25) is 5.41 Å². The molecule has 1 aromatic carbocycles. The summed E-state index contributed by atoms with van der Waals surface area (Å²) in [4.78, 5) is 0. The van der Waals surface area contributed by atoms with Crippen molar-refractivity contribution in [1.29, 1.82) is 5.41 Å². The second-order valence-corrected chi connectivity index (χ2v) is 5.56. The van der Waals surface area contributed by atoms with E-state index in [1.807, 2.05) is 25.1 Å². The molecule has 1 fully saturated rings. The van der Waals surface area contributed by atoms with Crippen LogP contribution in [0, 0.1) is 18.3 Å². The van der Waals surface area contributed by atoms with E-state index in [0.717, 1.165) is 35.6 Å². The Bertz CT molecular complexity index is 448. The molecular formula is C16H24N2O. The Morgan fingerprint density at radius 2 is 2.00 bits per heavy atom. The molecule has 3 heteroatoms. The highest BCUT2D eigenvalue weighted by Crippen LogP contribution is 2.30. The molecule has 0 bridgehead atoms. The largest absolute Gasteiger partial charge is 0.490 e. The minimum absolute atomic E-state index is 0.0968. The van der Waals surface area contributed by atoms with Gasteiger partial charge in [-0.15, -0.1) is 0 Å². The number of ether oxygens (including phenoxy) is 1. The zero-order chi connectivity index (χ0) is 13.8. The second kappa shape index (κ2) is 6.09. The molecule has 1 saturated carbocycles. The Hall–Kier alpha value is -1.51. The van der Waals surface area contributed by atoms with Crippen LogP contribution in [0.2, 0.25) is 0 Å². The van der Waals surface area contributed by atoms with Gasteiger partial charge in [-0.25, -0.2) is 0 Å². The van der Waals surface area contributed by atoms with E-state index in [0.29, 0.717) is 6.10 Å². The van der Waals surface area contributed by atoms with Crippen LogP contribution in [0.15, 0.2) is 18.2 Å². The highest BCUT2D eigenvalue weighted by Gasteiger charge is 2.21. The minimum atomic E-state index is 0.0968. The third kappa shape index (κ3) is 3.49. The van der Waals surface area contributed by atoms with Gasteiger partial charge in [0, 0.05) is 5.56 Å². The molecule has 0 saturated heterocycles. The molecule has 0 aliphatic heterocycles. The van der Waals surface area contributed by atoms with Crippen LogP contribution in [0.25, 0.3) is 0 Å².